The summed E-state index contributed by atoms with van der Waals surface area (Å²) in [7, 11) is 1.82. The minimum atomic E-state index is -0.104. The minimum absolute atomic E-state index is 0. The van der Waals surface area contributed by atoms with Crippen LogP contribution in [0.4, 0.5) is 5.95 Å². The Hall–Kier alpha value is -2.74. The maximum atomic E-state index is 12.6. The first-order valence-corrected chi connectivity index (χ1v) is 8.81. The molecule has 3 heterocycles. The van der Waals surface area contributed by atoms with Gasteiger partial charge in [0.15, 0.2) is 0 Å². The summed E-state index contributed by atoms with van der Waals surface area (Å²) in [5.41, 5.74) is 1.33. The summed E-state index contributed by atoms with van der Waals surface area (Å²) >= 11 is 5.97. The molecule has 1 N–H and O–H groups in total. The van der Waals surface area contributed by atoms with E-state index in [9.17, 15) is 4.79 Å². The van der Waals surface area contributed by atoms with Crippen LogP contribution in [0.2, 0.25) is 5.02 Å². The third kappa shape index (κ3) is 3.32. The SMILES string of the molecule is Cn1nnnc1N1CCC(NC(=O)c2cnc3cc(Cl)ccc3c2)CC1.[HH]. The molecule has 136 valence electrons. The highest BCUT2D eigenvalue weighted by atomic mass is 35.5. The molecule has 0 atom stereocenters. The number of tetrazole rings is 1. The smallest absolute Gasteiger partial charge is 0.253 e. The second-order valence-corrected chi connectivity index (χ2v) is 6.83. The average molecular weight is 374 g/mol. The molecule has 1 aliphatic heterocycles. The summed E-state index contributed by atoms with van der Waals surface area (Å²) in [6, 6.07) is 7.42. The average Bonchev–Trinajstić information content (AvgIpc) is 3.08. The van der Waals surface area contributed by atoms with Gasteiger partial charge in [-0.1, -0.05) is 22.8 Å². The topological polar surface area (TPSA) is 88.8 Å². The van der Waals surface area contributed by atoms with Gasteiger partial charge in [-0.15, -0.1) is 0 Å². The van der Waals surface area contributed by atoms with Crippen molar-refractivity contribution in [3.63, 3.8) is 0 Å². The number of halogens is 1. The molecule has 4 rings (SSSR count). The molecular weight excluding hydrogens is 354 g/mol. The maximum absolute atomic E-state index is 12.6. The highest BCUT2D eigenvalue weighted by Crippen LogP contribution is 2.19. The van der Waals surface area contributed by atoms with Crippen LogP contribution in [-0.4, -0.2) is 50.2 Å². The number of rotatable bonds is 3. The first-order valence-electron chi connectivity index (χ1n) is 8.43. The van der Waals surface area contributed by atoms with Crippen molar-refractivity contribution >= 4 is 34.4 Å². The van der Waals surface area contributed by atoms with Gasteiger partial charge in [-0.2, -0.15) is 0 Å². The summed E-state index contributed by atoms with van der Waals surface area (Å²) < 4.78 is 1.66. The number of nitrogens with one attached hydrogen (secondary N) is 1. The fourth-order valence-corrected chi connectivity index (χ4v) is 3.37. The number of hydrogen-bond acceptors (Lipinski definition) is 6. The van der Waals surface area contributed by atoms with E-state index in [1.807, 2.05) is 19.2 Å². The first kappa shape index (κ1) is 16.7. The quantitative estimate of drug-likeness (QED) is 0.755. The molecule has 0 bridgehead atoms. The van der Waals surface area contributed by atoms with Crippen LogP contribution in [0.15, 0.2) is 30.5 Å². The fourth-order valence-electron chi connectivity index (χ4n) is 3.20. The van der Waals surface area contributed by atoms with Gasteiger partial charge in [-0.25, -0.2) is 4.68 Å². The molecule has 0 aliphatic carbocycles. The Bertz CT molecular complexity index is 955. The highest BCUT2D eigenvalue weighted by Gasteiger charge is 2.24. The summed E-state index contributed by atoms with van der Waals surface area (Å²) in [4.78, 5) is 19.0. The standard InChI is InChI=1S/C17H18ClN7O.H2/c1-24-17(21-22-23-24)25-6-4-14(5-7-25)20-16(26)12-8-11-2-3-13(18)9-15(11)19-10-12;/h2-3,8-10,14H,4-7H2,1H3,(H,20,26);1H. The van der Waals surface area contributed by atoms with Gasteiger partial charge in [0, 0.05) is 44.2 Å². The monoisotopic (exact) mass is 373 g/mol. The number of pyridine rings is 1. The van der Waals surface area contributed by atoms with Crippen LogP contribution in [0, 0.1) is 0 Å². The number of aryl methyl sites for hydroxylation is 1. The summed E-state index contributed by atoms with van der Waals surface area (Å²) in [5, 5.41) is 16.2. The van der Waals surface area contributed by atoms with Crippen molar-refractivity contribution in [2.24, 2.45) is 7.05 Å². The number of hydrogen-bond donors (Lipinski definition) is 1. The summed E-state index contributed by atoms with van der Waals surface area (Å²) in [6.07, 6.45) is 3.28. The molecule has 8 nitrogen and oxygen atoms in total. The molecule has 1 aromatic carbocycles. The number of carbonyl (C=O) groups is 1. The Balaban J connectivity index is 0.00000210. The molecule has 0 spiro atoms. The zero-order valence-corrected chi connectivity index (χ0v) is 15.0. The van der Waals surface area contributed by atoms with Gasteiger partial charge in [0.05, 0.1) is 11.1 Å². The largest absolute Gasteiger partial charge is 0.349 e. The number of nitrogens with zero attached hydrogens (tertiary/aromatic N) is 6. The third-order valence-electron chi connectivity index (χ3n) is 4.62. The molecular formula is C17H20ClN7O. The van der Waals surface area contributed by atoms with Crippen LogP contribution in [0.5, 0.6) is 0 Å². The van der Waals surface area contributed by atoms with E-state index in [1.54, 1.807) is 23.0 Å². The number of carbonyl (C=O) groups excluding carboxylic acids is 1. The van der Waals surface area contributed by atoms with E-state index in [0.29, 0.717) is 10.6 Å². The Kier molecular flexibility index (Phi) is 4.42. The van der Waals surface area contributed by atoms with E-state index in [-0.39, 0.29) is 13.4 Å². The molecule has 0 saturated carbocycles. The molecule has 0 radical (unpaired) electrons. The molecule has 26 heavy (non-hydrogen) atoms. The van der Waals surface area contributed by atoms with E-state index >= 15 is 0 Å². The van der Waals surface area contributed by atoms with E-state index in [2.05, 4.69) is 30.7 Å². The van der Waals surface area contributed by atoms with Gasteiger partial charge in [-0.3, -0.25) is 9.78 Å². The molecule has 2 aromatic heterocycles. The fraction of sp³-hybridized carbons (Fsp3) is 0.353. The molecule has 1 saturated heterocycles. The van der Waals surface area contributed by atoms with Crippen LogP contribution in [0.3, 0.4) is 0 Å². The Labute approximate surface area is 156 Å². The number of fused-ring (bicyclic) bond motifs is 1. The number of piperidine rings is 1. The predicted octanol–water partition coefficient (Wildman–Crippen LogP) is 2.06. The normalized spacial score (nSPS) is 15.4. The van der Waals surface area contributed by atoms with Gasteiger partial charge in [0.25, 0.3) is 5.91 Å². The number of aromatic nitrogens is 5. The second-order valence-electron chi connectivity index (χ2n) is 6.40. The van der Waals surface area contributed by atoms with Gasteiger partial charge >= 0.3 is 0 Å². The summed E-state index contributed by atoms with van der Waals surface area (Å²) in [5.74, 6) is 0.653. The zero-order valence-electron chi connectivity index (χ0n) is 14.3. The van der Waals surface area contributed by atoms with Gasteiger partial charge in [0.1, 0.15) is 0 Å². The molecule has 9 heteroatoms. The molecule has 0 unspecified atom stereocenters. The molecule has 1 fully saturated rings. The van der Waals surface area contributed by atoms with Crippen molar-refractivity contribution in [2.45, 2.75) is 18.9 Å². The van der Waals surface area contributed by atoms with Crippen molar-refractivity contribution in [2.75, 3.05) is 18.0 Å². The second kappa shape index (κ2) is 6.87. The lowest BCUT2D eigenvalue weighted by Crippen LogP contribution is -2.45. The maximum Gasteiger partial charge on any atom is 0.253 e. The molecule has 3 aromatic rings. The van der Waals surface area contributed by atoms with Crippen molar-refractivity contribution < 1.29 is 6.22 Å². The lowest BCUT2D eigenvalue weighted by Gasteiger charge is -2.32. The zero-order chi connectivity index (χ0) is 18.1. The van der Waals surface area contributed by atoms with Crippen LogP contribution in [-0.2, 0) is 7.05 Å². The van der Waals surface area contributed by atoms with Crippen molar-refractivity contribution in [1.82, 2.24) is 30.5 Å². The molecule has 1 aliphatic rings. The Morgan fingerprint density at radius 2 is 2.12 bits per heavy atom. The van der Waals surface area contributed by atoms with E-state index in [0.717, 1.165) is 42.8 Å². The van der Waals surface area contributed by atoms with Crippen LogP contribution < -0.4 is 10.2 Å². The van der Waals surface area contributed by atoms with E-state index < -0.39 is 0 Å². The van der Waals surface area contributed by atoms with Crippen LogP contribution in [0.25, 0.3) is 10.9 Å². The van der Waals surface area contributed by atoms with E-state index in [1.165, 1.54) is 0 Å². The summed E-state index contributed by atoms with van der Waals surface area (Å²) in [6.45, 7) is 1.60. The number of anilines is 1. The van der Waals surface area contributed by atoms with Gasteiger partial charge in [-0.05, 0) is 41.5 Å². The lowest BCUT2D eigenvalue weighted by atomic mass is 10.0. The van der Waals surface area contributed by atoms with Crippen molar-refractivity contribution in [3.05, 3.63) is 41.0 Å². The van der Waals surface area contributed by atoms with Gasteiger partial charge < -0.3 is 10.2 Å². The number of benzene rings is 1. The highest BCUT2D eigenvalue weighted by molar-refractivity contribution is 6.31. The third-order valence-corrected chi connectivity index (χ3v) is 4.85. The first-order chi connectivity index (χ1) is 12.6. The van der Waals surface area contributed by atoms with Crippen molar-refractivity contribution in [1.29, 1.82) is 0 Å². The minimum Gasteiger partial charge on any atom is -0.349 e. The molecule has 1 amide bonds. The predicted molar refractivity (Wildman–Crippen MR) is 100 cm³/mol. The number of amides is 1. The Morgan fingerprint density at radius 1 is 1.31 bits per heavy atom. The van der Waals surface area contributed by atoms with Crippen molar-refractivity contribution in [3.8, 4) is 0 Å². The van der Waals surface area contributed by atoms with Gasteiger partial charge in [0.2, 0.25) is 5.95 Å². The van der Waals surface area contributed by atoms with Crippen LogP contribution >= 0.6 is 11.6 Å². The Morgan fingerprint density at radius 3 is 2.85 bits per heavy atom. The van der Waals surface area contributed by atoms with Crippen LogP contribution in [0.1, 0.15) is 24.6 Å². The lowest BCUT2D eigenvalue weighted by molar-refractivity contribution is 0.0931. The van der Waals surface area contributed by atoms with E-state index in [4.69, 9.17) is 11.6 Å².